The lowest BCUT2D eigenvalue weighted by atomic mass is 10.0. The molecule has 1 unspecified atom stereocenters. The molecule has 0 aliphatic carbocycles. The first-order valence-electron chi connectivity index (χ1n) is 8.49. The van der Waals surface area contributed by atoms with Crippen LogP contribution in [0.1, 0.15) is 24.0 Å². The zero-order valence-corrected chi connectivity index (χ0v) is 14.8. The highest BCUT2D eigenvalue weighted by Gasteiger charge is 2.14. The summed E-state index contributed by atoms with van der Waals surface area (Å²) in [6.45, 7) is 3.36. The summed E-state index contributed by atoms with van der Waals surface area (Å²) in [6, 6.07) is 18.8. The molecular weight excluding hydrogens is 322 g/mol. The van der Waals surface area contributed by atoms with Crippen LogP contribution in [-0.4, -0.2) is 32.4 Å². The SMILES string of the molecule is Cl.c1ccc(Cc2ccccc2OCCNCC2CCCO2)cc1. The summed E-state index contributed by atoms with van der Waals surface area (Å²) >= 11 is 0. The Hall–Kier alpha value is -1.55. The topological polar surface area (TPSA) is 30.5 Å². The van der Waals surface area contributed by atoms with E-state index >= 15 is 0 Å². The third kappa shape index (κ3) is 5.82. The molecule has 0 spiro atoms. The van der Waals surface area contributed by atoms with E-state index in [1.165, 1.54) is 24.0 Å². The molecule has 1 aliphatic rings. The summed E-state index contributed by atoms with van der Waals surface area (Å²) in [7, 11) is 0. The smallest absolute Gasteiger partial charge is 0.122 e. The van der Waals surface area contributed by atoms with Crippen LogP contribution in [0, 0.1) is 0 Å². The summed E-state index contributed by atoms with van der Waals surface area (Å²) < 4.78 is 11.6. The molecule has 1 atom stereocenters. The van der Waals surface area contributed by atoms with Crippen molar-refractivity contribution in [2.45, 2.75) is 25.4 Å². The summed E-state index contributed by atoms with van der Waals surface area (Å²) in [5, 5.41) is 3.42. The van der Waals surface area contributed by atoms with E-state index in [0.717, 1.165) is 31.9 Å². The maximum atomic E-state index is 5.97. The fourth-order valence-electron chi connectivity index (χ4n) is 2.91. The molecule has 130 valence electrons. The van der Waals surface area contributed by atoms with Crippen LogP contribution in [0.15, 0.2) is 54.6 Å². The number of halogens is 1. The van der Waals surface area contributed by atoms with E-state index in [1.807, 2.05) is 12.1 Å². The van der Waals surface area contributed by atoms with Crippen molar-refractivity contribution in [1.82, 2.24) is 5.32 Å². The number of benzene rings is 2. The van der Waals surface area contributed by atoms with Crippen molar-refractivity contribution >= 4 is 12.4 Å². The van der Waals surface area contributed by atoms with Gasteiger partial charge in [-0.25, -0.2) is 0 Å². The molecule has 1 fully saturated rings. The van der Waals surface area contributed by atoms with Gasteiger partial charge in [0.2, 0.25) is 0 Å². The van der Waals surface area contributed by atoms with Crippen LogP contribution >= 0.6 is 12.4 Å². The van der Waals surface area contributed by atoms with Crippen LogP contribution in [0.5, 0.6) is 5.75 Å². The Morgan fingerprint density at radius 2 is 1.83 bits per heavy atom. The maximum absolute atomic E-state index is 5.97. The zero-order chi connectivity index (χ0) is 15.7. The lowest BCUT2D eigenvalue weighted by Crippen LogP contribution is -2.29. The molecule has 1 N–H and O–H groups in total. The minimum absolute atomic E-state index is 0. The first-order valence-corrected chi connectivity index (χ1v) is 8.49. The Balaban J connectivity index is 0.00000208. The van der Waals surface area contributed by atoms with Crippen LogP contribution < -0.4 is 10.1 Å². The van der Waals surface area contributed by atoms with Gasteiger partial charge in [-0.1, -0.05) is 48.5 Å². The van der Waals surface area contributed by atoms with E-state index in [9.17, 15) is 0 Å². The van der Waals surface area contributed by atoms with Crippen LogP contribution in [0.2, 0.25) is 0 Å². The van der Waals surface area contributed by atoms with Crippen molar-refractivity contribution in [2.24, 2.45) is 0 Å². The number of nitrogens with one attached hydrogen (secondary N) is 1. The molecule has 0 amide bonds. The van der Waals surface area contributed by atoms with Crippen molar-refractivity contribution in [3.8, 4) is 5.75 Å². The summed E-state index contributed by atoms with van der Waals surface area (Å²) in [5.74, 6) is 0.982. The van der Waals surface area contributed by atoms with Gasteiger partial charge in [-0.05, 0) is 30.0 Å². The molecule has 0 saturated carbocycles. The van der Waals surface area contributed by atoms with Crippen LogP contribution in [0.4, 0.5) is 0 Å². The van der Waals surface area contributed by atoms with E-state index in [-0.39, 0.29) is 12.4 Å². The first-order chi connectivity index (χ1) is 11.4. The highest BCUT2D eigenvalue weighted by atomic mass is 35.5. The van der Waals surface area contributed by atoms with Crippen molar-refractivity contribution < 1.29 is 9.47 Å². The minimum Gasteiger partial charge on any atom is -0.492 e. The highest BCUT2D eigenvalue weighted by Crippen LogP contribution is 2.21. The number of para-hydroxylation sites is 1. The lowest BCUT2D eigenvalue weighted by molar-refractivity contribution is 0.109. The van der Waals surface area contributed by atoms with E-state index < -0.39 is 0 Å². The Labute approximate surface area is 150 Å². The van der Waals surface area contributed by atoms with Crippen molar-refractivity contribution in [1.29, 1.82) is 0 Å². The molecule has 24 heavy (non-hydrogen) atoms. The first kappa shape index (κ1) is 18.8. The monoisotopic (exact) mass is 347 g/mol. The number of ether oxygens (including phenoxy) is 2. The normalized spacial score (nSPS) is 16.6. The third-order valence-corrected chi connectivity index (χ3v) is 4.14. The Kier molecular flexibility index (Phi) is 8.10. The minimum atomic E-state index is 0. The molecule has 1 saturated heterocycles. The van der Waals surface area contributed by atoms with Gasteiger partial charge in [-0.15, -0.1) is 12.4 Å². The molecule has 1 aliphatic heterocycles. The Bertz CT molecular complexity index is 585. The number of rotatable bonds is 8. The highest BCUT2D eigenvalue weighted by molar-refractivity contribution is 5.85. The van der Waals surface area contributed by atoms with Crippen molar-refractivity contribution in [3.63, 3.8) is 0 Å². The van der Waals surface area contributed by atoms with Gasteiger partial charge in [0.25, 0.3) is 0 Å². The quantitative estimate of drug-likeness (QED) is 0.736. The zero-order valence-electron chi connectivity index (χ0n) is 13.9. The average Bonchev–Trinajstić information content (AvgIpc) is 3.10. The predicted octanol–water partition coefficient (Wildman–Crippen LogP) is 3.85. The van der Waals surface area contributed by atoms with Gasteiger partial charge in [0.15, 0.2) is 0 Å². The van der Waals surface area contributed by atoms with Crippen LogP contribution in [0.25, 0.3) is 0 Å². The van der Waals surface area contributed by atoms with Gasteiger partial charge in [-0.3, -0.25) is 0 Å². The van der Waals surface area contributed by atoms with Crippen LogP contribution in [-0.2, 0) is 11.2 Å². The van der Waals surface area contributed by atoms with Gasteiger partial charge in [-0.2, -0.15) is 0 Å². The van der Waals surface area contributed by atoms with Gasteiger partial charge >= 0.3 is 0 Å². The van der Waals surface area contributed by atoms with Crippen molar-refractivity contribution in [3.05, 3.63) is 65.7 Å². The molecule has 3 rings (SSSR count). The largest absolute Gasteiger partial charge is 0.492 e. The summed E-state index contributed by atoms with van der Waals surface area (Å²) in [6.07, 6.45) is 3.66. The molecule has 3 nitrogen and oxygen atoms in total. The fourth-order valence-corrected chi connectivity index (χ4v) is 2.91. The average molecular weight is 348 g/mol. The van der Waals surface area contributed by atoms with E-state index in [4.69, 9.17) is 9.47 Å². The number of hydrogen-bond donors (Lipinski definition) is 1. The van der Waals surface area contributed by atoms with Gasteiger partial charge in [0.05, 0.1) is 6.10 Å². The van der Waals surface area contributed by atoms with Crippen LogP contribution in [0.3, 0.4) is 0 Å². The predicted molar refractivity (Wildman–Crippen MR) is 100 cm³/mol. The van der Waals surface area contributed by atoms with E-state index in [2.05, 4.69) is 47.8 Å². The second kappa shape index (κ2) is 10.3. The van der Waals surface area contributed by atoms with Gasteiger partial charge in [0, 0.05) is 26.1 Å². The molecule has 0 aromatic heterocycles. The standard InChI is InChI=1S/C20H25NO2.ClH/c1-2-7-17(8-3-1)15-18-9-4-5-11-20(18)23-14-12-21-16-19-10-6-13-22-19;/h1-5,7-9,11,19,21H,6,10,12-16H2;1H. The molecule has 1 heterocycles. The Morgan fingerprint density at radius 3 is 2.62 bits per heavy atom. The molecule has 0 radical (unpaired) electrons. The van der Waals surface area contributed by atoms with Gasteiger partial charge < -0.3 is 14.8 Å². The van der Waals surface area contributed by atoms with E-state index in [0.29, 0.717) is 12.7 Å². The van der Waals surface area contributed by atoms with Crippen molar-refractivity contribution in [2.75, 3.05) is 26.3 Å². The summed E-state index contributed by atoms with van der Waals surface area (Å²) in [5.41, 5.74) is 2.54. The fraction of sp³-hybridized carbons (Fsp3) is 0.400. The maximum Gasteiger partial charge on any atom is 0.122 e. The molecular formula is C20H26ClNO2. The molecule has 2 aromatic carbocycles. The van der Waals surface area contributed by atoms with Gasteiger partial charge in [0.1, 0.15) is 12.4 Å². The second-order valence-corrected chi connectivity index (χ2v) is 5.96. The molecule has 0 bridgehead atoms. The number of hydrogen-bond acceptors (Lipinski definition) is 3. The Morgan fingerprint density at radius 1 is 1.04 bits per heavy atom. The van der Waals surface area contributed by atoms with E-state index in [1.54, 1.807) is 0 Å². The third-order valence-electron chi connectivity index (χ3n) is 4.14. The summed E-state index contributed by atoms with van der Waals surface area (Å²) in [4.78, 5) is 0. The molecule has 4 heteroatoms. The second-order valence-electron chi connectivity index (χ2n) is 5.96. The molecule has 2 aromatic rings. The lowest BCUT2D eigenvalue weighted by Gasteiger charge is -2.13.